The van der Waals surface area contributed by atoms with Crippen molar-refractivity contribution < 1.29 is 4.79 Å². The minimum atomic E-state index is 0.0886. The first-order chi connectivity index (χ1) is 12.6. The molecule has 0 radical (unpaired) electrons. The number of hydrogen-bond acceptors (Lipinski definition) is 4. The minimum Gasteiger partial charge on any atom is -0.352 e. The zero-order chi connectivity index (χ0) is 18.1. The Bertz CT molecular complexity index is 811. The van der Waals surface area contributed by atoms with Crippen LogP contribution in [0.1, 0.15) is 31.4 Å². The molecule has 2 aliphatic carbocycles. The zero-order valence-corrected chi connectivity index (χ0v) is 16.3. The van der Waals surface area contributed by atoms with Crippen LogP contribution >= 0.6 is 23.4 Å². The maximum absolute atomic E-state index is 12.3. The first-order valence-electron chi connectivity index (χ1n) is 9.10. The molecule has 4 nitrogen and oxygen atoms in total. The highest BCUT2D eigenvalue weighted by Crippen LogP contribution is 2.44. The Kier molecular flexibility index (Phi) is 5.18. The van der Waals surface area contributed by atoms with Gasteiger partial charge in [-0.3, -0.25) is 4.79 Å². The second-order valence-corrected chi connectivity index (χ2v) is 8.70. The molecule has 1 N–H and O–H groups in total. The molecule has 1 amide bonds. The van der Waals surface area contributed by atoms with Crippen molar-refractivity contribution in [3.8, 4) is 11.3 Å². The maximum atomic E-state index is 12.3. The number of hydrogen-bond donors (Lipinski definition) is 1. The van der Waals surface area contributed by atoms with Crippen LogP contribution in [0.15, 0.2) is 35.5 Å². The van der Waals surface area contributed by atoms with Gasteiger partial charge < -0.3 is 5.32 Å². The van der Waals surface area contributed by atoms with Gasteiger partial charge in [-0.1, -0.05) is 41.9 Å². The number of nitrogens with one attached hydrogen (secondary N) is 1. The second kappa shape index (κ2) is 7.57. The first-order valence-corrected chi connectivity index (χ1v) is 10.5. The van der Waals surface area contributed by atoms with Crippen LogP contribution in [0, 0.1) is 18.8 Å². The molecule has 2 bridgehead atoms. The lowest BCUT2D eigenvalue weighted by Crippen LogP contribution is -2.39. The number of nitrogens with zero attached hydrogens (tertiary/aromatic N) is 2. The van der Waals surface area contributed by atoms with Gasteiger partial charge in [-0.15, -0.1) is 0 Å². The van der Waals surface area contributed by atoms with Gasteiger partial charge in [-0.25, -0.2) is 9.97 Å². The third kappa shape index (κ3) is 4.04. The molecular formula is C20H22ClN3OS. The van der Waals surface area contributed by atoms with Gasteiger partial charge >= 0.3 is 0 Å². The fourth-order valence-electron chi connectivity index (χ4n) is 4.17. The molecule has 0 aliphatic heterocycles. The molecule has 3 atom stereocenters. The molecule has 2 saturated carbocycles. The quantitative estimate of drug-likeness (QED) is 0.606. The summed E-state index contributed by atoms with van der Waals surface area (Å²) in [5, 5.41) is 4.56. The minimum absolute atomic E-state index is 0.0886. The largest absolute Gasteiger partial charge is 0.352 e. The number of benzene rings is 1. The third-order valence-corrected chi connectivity index (χ3v) is 6.49. The molecule has 2 aliphatic rings. The van der Waals surface area contributed by atoms with Crippen LogP contribution < -0.4 is 5.32 Å². The molecule has 4 rings (SSSR count). The number of aromatic nitrogens is 2. The van der Waals surface area contributed by atoms with Gasteiger partial charge in [-0.05, 0) is 56.2 Å². The topological polar surface area (TPSA) is 54.9 Å². The summed E-state index contributed by atoms with van der Waals surface area (Å²) in [4.78, 5) is 21.4. The Morgan fingerprint density at radius 3 is 2.73 bits per heavy atom. The molecule has 1 heterocycles. The van der Waals surface area contributed by atoms with Crippen molar-refractivity contribution in [3.63, 3.8) is 0 Å². The van der Waals surface area contributed by atoms with Crippen molar-refractivity contribution in [3.05, 3.63) is 41.0 Å². The first kappa shape index (κ1) is 17.8. The van der Waals surface area contributed by atoms with Crippen LogP contribution in [0.4, 0.5) is 0 Å². The van der Waals surface area contributed by atoms with E-state index < -0.39 is 0 Å². The summed E-state index contributed by atoms with van der Waals surface area (Å²) in [6.45, 7) is 1.94. The van der Waals surface area contributed by atoms with E-state index in [0.717, 1.165) is 29.3 Å². The number of carbonyl (C=O) groups excluding carboxylic acids is 1. The van der Waals surface area contributed by atoms with E-state index in [1.54, 1.807) is 0 Å². The molecule has 0 saturated heterocycles. The Labute approximate surface area is 163 Å². The lowest BCUT2D eigenvalue weighted by atomic mass is 9.95. The monoisotopic (exact) mass is 387 g/mol. The zero-order valence-electron chi connectivity index (χ0n) is 14.7. The van der Waals surface area contributed by atoms with Crippen molar-refractivity contribution in [1.82, 2.24) is 15.3 Å². The summed E-state index contributed by atoms with van der Waals surface area (Å²) in [7, 11) is 0. The molecule has 2 fully saturated rings. The van der Waals surface area contributed by atoms with Crippen molar-refractivity contribution >= 4 is 29.3 Å². The van der Waals surface area contributed by atoms with Gasteiger partial charge in [0.05, 0.1) is 11.4 Å². The standard InChI is InChI=1S/C20H22ClN3OS/c1-12-8-17(14-4-6-16(21)7-5-14)24-20(22-12)26-11-19(25)23-18-10-13-2-3-15(18)9-13/h4-8,13,15,18H,2-3,9-11H2,1H3,(H,23,25)/t13-,15-,18+/m0/s1. The van der Waals surface area contributed by atoms with Crippen molar-refractivity contribution in [2.75, 3.05) is 5.75 Å². The summed E-state index contributed by atoms with van der Waals surface area (Å²) in [6.07, 6.45) is 5.07. The van der Waals surface area contributed by atoms with Crippen molar-refractivity contribution in [1.29, 1.82) is 0 Å². The molecule has 2 aromatic rings. The Hall–Kier alpha value is -1.59. The normalized spacial score (nSPS) is 24.0. The molecule has 136 valence electrons. The van der Waals surface area contributed by atoms with E-state index in [2.05, 4.69) is 15.3 Å². The van der Waals surface area contributed by atoms with Crippen LogP contribution in [-0.2, 0) is 4.79 Å². The van der Waals surface area contributed by atoms with Gasteiger partial charge in [0, 0.05) is 22.3 Å². The van der Waals surface area contributed by atoms with Crippen molar-refractivity contribution in [2.24, 2.45) is 11.8 Å². The number of aryl methyl sites for hydroxylation is 1. The molecular weight excluding hydrogens is 366 g/mol. The summed E-state index contributed by atoms with van der Waals surface area (Å²) >= 11 is 7.36. The maximum Gasteiger partial charge on any atom is 0.230 e. The fraction of sp³-hybridized carbons (Fsp3) is 0.450. The molecule has 0 unspecified atom stereocenters. The predicted molar refractivity (Wildman–Crippen MR) is 105 cm³/mol. The Balaban J connectivity index is 1.38. The SMILES string of the molecule is Cc1cc(-c2ccc(Cl)cc2)nc(SCC(=O)N[C@@H]2C[C@H]3CC[C@H]2C3)n1. The van der Waals surface area contributed by atoms with E-state index in [1.165, 1.54) is 31.0 Å². The molecule has 26 heavy (non-hydrogen) atoms. The number of fused-ring (bicyclic) bond motifs is 2. The average molecular weight is 388 g/mol. The van der Waals surface area contributed by atoms with E-state index in [9.17, 15) is 4.79 Å². The number of rotatable bonds is 5. The number of halogens is 1. The van der Waals surface area contributed by atoms with Crippen LogP contribution in [0.25, 0.3) is 11.3 Å². The van der Waals surface area contributed by atoms with E-state index in [1.807, 2.05) is 37.3 Å². The van der Waals surface area contributed by atoms with Crippen LogP contribution in [-0.4, -0.2) is 27.7 Å². The van der Waals surface area contributed by atoms with Gasteiger partial charge in [0.1, 0.15) is 0 Å². The van der Waals surface area contributed by atoms with Gasteiger partial charge in [0.15, 0.2) is 5.16 Å². The highest BCUT2D eigenvalue weighted by molar-refractivity contribution is 7.99. The second-order valence-electron chi connectivity index (χ2n) is 7.32. The van der Waals surface area contributed by atoms with Gasteiger partial charge in [0.25, 0.3) is 0 Å². The van der Waals surface area contributed by atoms with Gasteiger partial charge in [-0.2, -0.15) is 0 Å². The summed E-state index contributed by atoms with van der Waals surface area (Å²) in [6, 6.07) is 9.92. The smallest absolute Gasteiger partial charge is 0.230 e. The molecule has 1 aromatic heterocycles. The van der Waals surface area contributed by atoms with Crippen LogP contribution in [0.2, 0.25) is 5.02 Å². The highest BCUT2D eigenvalue weighted by atomic mass is 35.5. The molecule has 6 heteroatoms. The molecule has 1 aromatic carbocycles. The number of amides is 1. The lowest BCUT2D eigenvalue weighted by molar-refractivity contribution is -0.119. The van der Waals surface area contributed by atoms with Crippen LogP contribution in [0.3, 0.4) is 0 Å². The fourth-order valence-corrected chi connectivity index (χ4v) is 5.02. The predicted octanol–water partition coefficient (Wildman–Crippen LogP) is 4.50. The van der Waals surface area contributed by atoms with Crippen LogP contribution in [0.5, 0.6) is 0 Å². The third-order valence-electron chi connectivity index (χ3n) is 5.39. The summed E-state index contributed by atoms with van der Waals surface area (Å²) in [5.41, 5.74) is 2.74. The lowest BCUT2D eigenvalue weighted by Gasteiger charge is -2.22. The van der Waals surface area contributed by atoms with E-state index >= 15 is 0 Å². The summed E-state index contributed by atoms with van der Waals surface area (Å²) < 4.78 is 0. The van der Waals surface area contributed by atoms with E-state index in [4.69, 9.17) is 11.6 Å². The van der Waals surface area contributed by atoms with E-state index in [-0.39, 0.29) is 5.91 Å². The van der Waals surface area contributed by atoms with Gasteiger partial charge in [0.2, 0.25) is 5.91 Å². The Morgan fingerprint density at radius 2 is 2.04 bits per heavy atom. The number of thioether (sulfide) groups is 1. The molecule has 0 spiro atoms. The van der Waals surface area contributed by atoms with Crippen molar-refractivity contribution in [2.45, 2.75) is 43.8 Å². The Morgan fingerprint density at radius 1 is 1.23 bits per heavy atom. The highest BCUT2D eigenvalue weighted by Gasteiger charge is 2.39. The van der Waals surface area contributed by atoms with E-state index in [0.29, 0.717) is 27.9 Å². The average Bonchev–Trinajstić information content (AvgIpc) is 3.23. The summed E-state index contributed by atoms with van der Waals surface area (Å²) in [5.74, 6) is 1.98. The number of carbonyl (C=O) groups is 1.